The van der Waals surface area contributed by atoms with Gasteiger partial charge in [0.05, 0.1) is 7.11 Å². The molecule has 0 saturated heterocycles. The molecule has 0 radical (unpaired) electrons. The van der Waals surface area contributed by atoms with Gasteiger partial charge in [-0.05, 0) is 39.0 Å². The summed E-state index contributed by atoms with van der Waals surface area (Å²) in [7, 11) is 1.22. The first kappa shape index (κ1) is 21.9. The fourth-order valence-electron chi connectivity index (χ4n) is 1.88. The Morgan fingerprint density at radius 3 is 2.41 bits per heavy atom. The van der Waals surface area contributed by atoms with Crippen LogP contribution in [0.2, 0.25) is 0 Å². The zero-order valence-corrected chi connectivity index (χ0v) is 15.9. The molecular weight excluding hydrogens is 354 g/mol. The molecule has 0 heterocycles. The van der Waals surface area contributed by atoms with Crippen molar-refractivity contribution in [3.8, 4) is 0 Å². The third-order valence-corrected chi connectivity index (χ3v) is 3.05. The summed E-state index contributed by atoms with van der Waals surface area (Å²) in [6.45, 7) is 5.09. The molecule has 0 aromatic heterocycles. The van der Waals surface area contributed by atoms with Gasteiger partial charge < -0.3 is 25.4 Å². The highest BCUT2D eigenvalue weighted by molar-refractivity contribution is 5.98. The molecule has 1 aromatic rings. The third kappa shape index (κ3) is 9.24. The normalized spacial score (nSPS) is 10.5. The van der Waals surface area contributed by atoms with Gasteiger partial charge in [0.1, 0.15) is 12.1 Å². The number of carbonyl (C=O) groups excluding carboxylic acids is 4. The third-order valence-electron chi connectivity index (χ3n) is 3.05. The molecule has 3 N–H and O–H groups in total. The molecule has 0 aliphatic rings. The van der Waals surface area contributed by atoms with Crippen LogP contribution in [0.25, 0.3) is 0 Å². The van der Waals surface area contributed by atoms with E-state index in [0.29, 0.717) is 5.69 Å². The van der Waals surface area contributed by atoms with E-state index in [1.54, 1.807) is 39.0 Å². The lowest BCUT2D eigenvalue weighted by atomic mass is 10.2. The van der Waals surface area contributed by atoms with E-state index in [0.717, 1.165) is 0 Å². The van der Waals surface area contributed by atoms with Gasteiger partial charge in [-0.2, -0.15) is 0 Å². The Balaban J connectivity index is 2.47. The van der Waals surface area contributed by atoms with E-state index in [9.17, 15) is 19.2 Å². The number of benzene rings is 1. The maximum atomic E-state index is 12.0. The Labute approximate surface area is 157 Å². The minimum absolute atomic E-state index is 0.0397. The van der Waals surface area contributed by atoms with E-state index in [4.69, 9.17) is 4.74 Å². The van der Waals surface area contributed by atoms with E-state index >= 15 is 0 Å². The molecule has 9 nitrogen and oxygen atoms in total. The zero-order chi connectivity index (χ0) is 20.4. The Hall–Kier alpha value is -3.10. The summed E-state index contributed by atoms with van der Waals surface area (Å²) in [4.78, 5) is 46.5. The summed E-state index contributed by atoms with van der Waals surface area (Å²) in [5, 5.41) is 7.53. The first-order chi connectivity index (χ1) is 12.6. The molecule has 0 fully saturated rings. The fraction of sp³-hybridized carbons (Fsp3) is 0.444. The van der Waals surface area contributed by atoms with E-state index < -0.39 is 23.6 Å². The van der Waals surface area contributed by atoms with Gasteiger partial charge in [0.25, 0.3) is 5.91 Å². The van der Waals surface area contributed by atoms with E-state index in [1.807, 2.05) is 0 Å². The summed E-state index contributed by atoms with van der Waals surface area (Å²) in [6.07, 6.45) is -0.558. The fourth-order valence-corrected chi connectivity index (χ4v) is 1.88. The average molecular weight is 379 g/mol. The maximum absolute atomic E-state index is 12.0. The lowest BCUT2D eigenvalue weighted by Crippen LogP contribution is -2.34. The predicted molar refractivity (Wildman–Crippen MR) is 98.3 cm³/mol. The minimum Gasteiger partial charge on any atom is -0.468 e. The van der Waals surface area contributed by atoms with Crippen molar-refractivity contribution in [1.29, 1.82) is 0 Å². The number of amides is 3. The highest BCUT2D eigenvalue weighted by Crippen LogP contribution is 2.11. The predicted octanol–water partition coefficient (Wildman–Crippen LogP) is 1.44. The molecule has 0 saturated carbocycles. The summed E-state index contributed by atoms with van der Waals surface area (Å²) in [5.41, 5.74) is 0.0906. The van der Waals surface area contributed by atoms with Crippen LogP contribution in [0.5, 0.6) is 0 Å². The van der Waals surface area contributed by atoms with Crippen molar-refractivity contribution in [3.05, 3.63) is 29.8 Å². The monoisotopic (exact) mass is 379 g/mol. The van der Waals surface area contributed by atoms with Crippen LogP contribution < -0.4 is 16.0 Å². The molecule has 0 unspecified atom stereocenters. The first-order valence-electron chi connectivity index (χ1n) is 8.32. The Morgan fingerprint density at radius 1 is 1.07 bits per heavy atom. The highest BCUT2D eigenvalue weighted by Gasteiger charge is 2.16. The second kappa shape index (κ2) is 10.1. The molecule has 3 amide bonds. The van der Waals surface area contributed by atoms with Crippen LogP contribution in [-0.2, 0) is 19.1 Å². The van der Waals surface area contributed by atoms with Gasteiger partial charge in [0, 0.05) is 24.2 Å². The average Bonchev–Trinajstić information content (AvgIpc) is 2.57. The van der Waals surface area contributed by atoms with Gasteiger partial charge >= 0.3 is 12.1 Å². The number of anilines is 1. The molecular formula is C18H25N3O6. The van der Waals surface area contributed by atoms with Gasteiger partial charge in [-0.1, -0.05) is 6.07 Å². The summed E-state index contributed by atoms with van der Waals surface area (Å²) >= 11 is 0. The summed E-state index contributed by atoms with van der Waals surface area (Å²) in [5.74, 6) is -1.37. The van der Waals surface area contributed by atoms with Crippen molar-refractivity contribution in [2.45, 2.75) is 32.8 Å². The molecule has 9 heteroatoms. The number of carbonyl (C=O) groups is 4. The second-order valence-electron chi connectivity index (χ2n) is 6.57. The maximum Gasteiger partial charge on any atom is 0.407 e. The Morgan fingerprint density at radius 2 is 1.78 bits per heavy atom. The van der Waals surface area contributed by atoms with Crippen molar-refractivity contribution in [2.75, 3.05) is 25.5 Å². The first-order valence-corrected chi connectivity index (χ1v) is 8.32. The van der Waals surface area contributed by atoms with Gasteiger partial charge in [0.2, 0.25) is 5.91 Å². The minimum atomic E-state index is -0.610. The number of hydrogen-bond donors (Lipinski definition) is 3. The molecule has 0 aliphatic heterocycles. The van der Waals surface area contributed by atoms with Crippen LogP contribution >= 0.6 is 0 Å². The smallest absolute Gasteiger partial charge is 0.407 e. The molecule has 1 rings (SSSR count). The van der Waals surface area contributed by atoms with Crippen molar-refractivity contribution in [1.82, 2.24) is 10.6 Å². The van der Waals surface area contributed by atoms with Crippen molar-refractivity contribution >= 4 is 29.6 Å². The SMILES string of the molecule is COC(=O)CNC(=O)c1cccc(NC(=O)CCNC(=O)OC(C)(C)C)c1. The van der Waals surface area contributed by atoms with Crippen LogP contribution in [0, 0.1) is 0 Å². The Bertz CT molecular complexity index is 697. The standard InChI is InChI=1S/C18H25N3O6/c1-18(2,3)27-17(25)19-9-8-14(22)21-13-7-5-6-12(10-13)16(24)20-11-15(23)26-4/h5-7,10H,8-9,11H2,1-4H3,(H,19,25)(H,20,24)(H,21,22). The lowest BCUT2D eigenvalue weighted by molar-refractivity contribution is -0.139. The van der Waals surface area contributed by atoms with Gasteiger partial charge in [-0.15, -0.1) is 0 Å². The topological polar surface area (TPSA) is 123 Å². The number of ether oxygens (including phenoxy) is 2. The zero-order valence-electron chi connectivity index (χ0n) is 15.9. The summed E-state index contributed by atoms with van der Waals surface area (Å²) < 4.78 is 9.51. The van der Waals surface area contributed by atoms with Crippen molar-refractivity contribution in [2.24, 2.45) is 0 Å². The van der Waals surface area contributed by atoms with Crippen LogP contribution in [-0.4, -0.2) is 49.7 Å². The van der Waals surface area contributed by atoms with Gasteiger partial charge in [-0.25, -0.2) is 4.79 Å². The largest absolute Gasteiger partial charge is 0.468 e. The quantitative estimate of drug-likeness (QED) is 0.616. The molecule has 0 aliphatic carbocycles. The van der Waals surface area contributed by atoms with Crippen LogP contribution in [0.3, 0.4) is 0 Å². The van der Waals surface area contributed by atoms with Gasteiger partial charge in [0.15, 0.2) is 0 Å². The molecule has 0 bridgehead atoms. The number of hydrogen-bond acceptors (Lipinski definition) is 6. The molecule has 0 spiro atoms. The van der Waals surface area contributed by atoms with E-state index in [1.165, 1.54) is 13.2 Å². The number of alkyl carbamates (subject to hydrolysis) is 1. The van der Waals surface area contributed by atoms with E-state index in [2.05, 4.69) is 20.7 Å². The van der Waals surface area contributed by atoms with Crippen LogP contribution in [0.4, 0.5) is 10.5 Å². The Kier molecular flexibility index (Phi) is 8.25. The van der Waals surface area contributed by atoms with E-state index in [-0.39, 0.29) is 31.0 Å². The number of methoxy groups -OCH3 is 1. The highest BCUT2D eigenvalue weighted by atomic mass is 16.6. The lowest BCUT2D eigenvalue weighted by Gasteiger charge is -2.19. The number of esters is 1. The molecule has 27 heavy (non-hydrogen) atoms. The van der Waals surface area contributed by atoms with Crippen LogP contribution in [0.1, 0.15) is 37.6 Å². The number of rotatable bonds is 7. The van der Waals surface area contributed by atoms with Crippen molar-refractivity contribution in [3.63, 3.8) is 0 Å². The van der Waals surface area contributed by atoms with Crippen molar-refractivity contribution < 1.29 is 28.7 Å². The second-order valence-corrected chi connectivity index (χ2v) is 6.57. The molecule has 1 aromatic carbocycles. The summed E-state index contributed by atoms with van der Waals surface area (Å²) in [6, 6.07) is 6.25. The molecule has 148 valence electrons. The van der Waals surface area contributed by atoms with Crippen LogP contribution in [0.15, 0.2) is 24.3 Å². The van der Waals surface area contributed by atoms with Gasteiger partial charge in [-0.3, -0.25) is 14.4 Å². The molecule has 0 atom stereocenters. The number of nitrogens with one attached hydrogen (secondary N) is 3.